The number of carbonyl (C=O) groups excluding carboxylic acids is 1. The fraction of sp³-hybridized carbons (Fsp3) is 0.429. The van der Waals surface area contributed by atoms with E-state index < -0.39 is 0 Å². The maximum absolute atomic E-state index is 11.7. The van der Waals surface area contributed by atoms with Gasteiger partial charge in [-0.05, 0) is 30.5 Å². The highest BCUT2D eigenvalue weighted by molar-refractivity contribution is 7.18. The number of primary amides is 1. The number of carbonyl (C=O) groups is 1. The second kappa shape index (κ2) is 5.38. The molecule has 0 radical (unpaired) electrons. The van der Waals surface area contributed by atoms with Crippen LogP contribution in [0.2, 0.25) is 0 Å². The van der Waals surface area contributed by atoms with Gasteiger partial charge in [0.1, 0.15) is 0 Å². The number of nitrogens with two attached hydrogens (primary N) is 2. The first kappa shape index (κ1) is 13.3. The first-order valence-corrected chi connectivity index (χ1v) is 7.47. The van der Waals surface area contributed by atoms with E-state index in [1.54, 1.807) is 11.3 Å². The summed E-state index contributed by atoms with van der Waals surface area (Å²) in [5.41, 5.74) is 13.0. The van der Waals surface area contributed by atoms with Crippen molar-refractivity contribution in [1.29, 1.82) is 0 Å². The molecule has 0 bridgehead atoms. The van der Waals surface area contributed by atoms with E-state index in [2.05, 4.69) is 4.98 Å². The number of anilines is 1. The number of ether oxygens (including phenoxy) is 1. The van der Waals surface area contributed by atoms with Gasteiger partial charge in [-0.2, -0.15) is 0 Å². The maximum atomic E-state index is 11.7. The molecule has 106 valence electrons. The molecule has 2 heterocycles. The van der Waals surface area contributed by atoms with Crippen molar-refractivity contribution in [2.24, 2.45) is 17.6 Å². The van der Waals surface area contributed by atoms with Gasteiger partial charge in [0.2, 0.25) is 5.91 Å². The Morgan fingerprint density at radius 3 is 3.10 bits per heavy atom. The van der Waals surface area contributed by atoms with Gasteiger partial charge in [0.25, 0.3) is 0 Å². The van der Waals surface area contributed by atoms with Crippen LogP contribution in [0.1, 0.15) is 11.4 Å². The Hall–Kier alpha value is -1.66. The molecule has 2 aromatic rings. The lowest BCUT2D eigenvalue weighted by molar-refractivity contribution is -0.123. The monoisotopic (exact) mass is 291 g/mol. The number of hydrogen-bond acceptors (Lipinski definition) is 5. The zero-order valence-electron chi connectivity index (χ0n) is 11.0. The van der Waals surface area contributed by atoms with E-state index in [1.165, 1.54) is 0 Å². The minimum Gasteiger partial charge on any atom is -0.399 e. The van der Waals surface area contributed by atoms with Gasteiger partial charge in [-0.1, -0.05) is 0 Å². The zero-order valence-corrected chi connectivity index (χ0v) is 11.9. The Bertz CT molecular complexity index is 634. The molecule has 2 atom stereocenters. The molecule has 6 heteroatoms. The molecular formula is C14H17N3O2S. The Kier molecular flexibility index (Phi) is 3.58. The van der Waals surface area contributed by atoms with Crippen molar-refractivity contribution in [3.8, 4) is 0 Å². The minimum atomic E-state index is -0.265. The third-order valence-corrected chi connectivity index (χ3v) is 4.79. The molecule has 20 heavy (non-hydrogen) atoms. The number of benzene rings is 1. The van der Waals surface area contributed by atoms with E-state index in [0.717, 1.165) is 27.3 Å². The first-order chi connectivity index (χ1) is 9.63. The number of nitrogen functional groups attached to an aromatic ring is 1. The topological polar surface area (TPSA) is 91.2 Å². The van der Waals surface area contributed by atoms with E-state index in [-0.39, 0.29) is 17.7 Å². The van der Waals surface area contributed by atoms with Crippen molar-refractivity contribution in [3.63, 3.8) is 0 Å². The number of hydrogen-bond donors (Lipinski definition) is 2. The summed E-state index contributed by atoms with van der Waals surface area (Å²) in [6.07, 6.45) is 1.48. The summed E-state index contributed by atoms with van der Waals surface area (Å²) in [6, 6.07) is 5.65. The summed E-state index contributed by atoms with van der Waals surface area (Å²) in [5.74, 6) is -0.251. The van der Waals surface area contributed by atoms with Crippen molar-refractivity contribution in [1.82, 2.24) is 4.98 Å². The average molecular weight is 291 g/mol. The molecule has 0 saturated carbocycles. The quantitative estimate of drug-likeness (QED) is 0.836. The lowest BCUT2D eigenvalue weighted by Crippen LogP contribution is -2.32. The van der Waals surface area contributed by atoms with Crippen LogP contribution in [0.4, 0.5) is 5.69 Å². The van der Waals surface area contributed by atoms with E-state index in [9.17, 15) is 4.79 Å². The largest absolute Gasteiger partial charge is 0.399 e. The van der Waals surface area contributed by atoms with Gasteiger partial charge in [0.15, 0.2) is 0 Å². The number of rotatable bonds is 4. The lowest BCUT2D eigenvalue weighted by atomic mass is 9.88. The molecule has 0 aliphatic carbocycles. The molecule has 0 spiro atoms. The highest BCUT2D eigenvalue weighted by Gasteiger charge is 2.30. The summed E-state index contributed by atoms with van der Waals surface area (Å²) in [7, 11) is 0. The van der Waals surface area contributed by atoms with Crippen LogP contribution in [0.5, 0.6) is 0 Å². The molecule has 1 saturated heterocycles. The number of fused-ring (bicyclic) bond motifs is 1. The van der Waals surface area contributed by atoms with Gasteiger partial charge in [0, 0.05) is 24.6 Å². The summed E-state index contributed by atoms with van der Waals surface area (Å²) in [4.78, 5) is 16.2. The van der Waals surface area contributed by atoms with Crippen LogP contribution in [-0.4, -0.2) is 24.1 Å². The zero-order chi connectivity index (χ0) is 14.1. The summed E-state index contributed by atoms with van der Waals surface area (Å²) in [5, 5.41) is 0.932. The lowest BCUT2D eigenvalue weighted by Gasteiger charge is -2.17. The molecule has 1 aliphatic rings. The number of thiazole rings is 1. The van der Waals surface area contributed by atoms with Gasteiger partial charge in [-0.3, -0.25) is 4.79 Å². The summed E-state index contributed by atoms with van der Waals surface area (Å²) < 4.78 is 6.41. The first-order valence-electron chi connectivity index (χ1n) is 6.65. The normalized spacial score (nSPS) is 20.3. The van der Waals surface area contributed by atoms with Gasteiger partial charge >= 0.3 is 0 Å². The molecule has 1 amide bonds. The van der Waals surface area contributed by atoms with Crippen molar-refractivity contribution in [3.05, 3.63) is 23.2 Å². The van der Waals surface area contributed by atoms with Crippen molar-refractivity contribution >= 4 is 33.1 Å². The fourth-order valence-corrected chi connectivity index (χ4v) is 3.71. The van der Waals surface area contributed by atoms with Crippen LogP contribution >= 0.6 is 11.3 Å². The molecule has 1 aromatic heterocycles. The molecule has 1 aromatic carbocycles. The molecule has 2 unspecified atom stereocenters. The molecule has 3 rings (SSSR count). The van der Waals surface area contributed by atoms with E-state index in [4.69, 9.17) is 16.2 Å². The van der Waals surface area contributed by atoms with Crippen LogP contribution in [-0.2, 0) is 16.0 Å². The Labute approximate surface area is 120 Å². The van der Waals surface area contributed by atoms with E-state index in [0.29, 0.717) is 19.6 Å². The maximum Gasteiger partial charge on any atom is 0.221 e. The SMILES string of the molecule is NC(=O)C(Cc1nc2ccc(N)cc2s1)C1CCOC1. The molecule has 1 fully saturated rings. The molecular weight excluding hydrogens is 274 g/mol. The second-order valence-corrected chi connectivity index (χ2v) is 6.29. The Morgan fingerprint density at radius 2 is 2.40 bits per heavy atom. The summed E-state index contributed by atoms with van der Waals surface area (Å²) >= 11 is 1.58. The van der Waals surface area contributed by atoms with Crippen LogP contribution < -0.4 is 11.5 Å². The van der Waals surface area contributed by atoms with Crippen molar-refractivity contribution in [2.75, 3.05) is 18.9 Å². The smallest absolute Gasteiger partial charge is 0.221 e. The number of nitrogens with zero attached hydrogens (tertiary/aromatic N) is 1. The highest BCUT2D eigenvalue weighted by atomic mass is 32.1. The van der Waals surface area contributed by atoms with Crippen LogP contribution in [0.15, 0.2) is 18.2 Å². The predicted molar refractivity (Wildman–Crippen MR) is 79.3 cm³/mol. The standard InChI is InChI=1S/C14H17N3O2S/c15-9-1-2-11-12(5-9)20-13(17-11)6-10(14(16)18)8-3-4-19-7-8/h1-2,5,8,10H,3-4,6-7,15H2,(H2,16,18). The third kappa shape index (κ3) is 2.62. The van der Waals surface area contributed by atoms with Gasteiger partial charge < -0.3 is 16.2 Å². The Morgan fingerprint density at radius 1 is 1.55 bits per heavy atom. The molecule has 5 nitrogen and oxygen atoms in total. The van der Waals surface area contributed by atoms with Crippen molar-refractivity contribution in [2.45, 2.75) is 12.8 Å². The van der Waals surface area contributed by atoms with E-state index >= 15 is 0 Å². The average Bonchev–Trinajstić information content (AvgIpc) is 3.03. The van der Waals surface area contributed by atoms with Gasteiger partial charge in [-0.15, -0.1) is 11.3 Å². The highest BCUT2D eigenvalue weighted by Crippen LogP contribution is 2.30. The van der Waals surface area contributed by atoms with Crippen molar-refractivity contribution < 1.29 is 9.53 Å². The van der Waals surface area contributed by atoms with Crippen LogP contribution in [0.3, 0.4) is 0 Å². The van der Waals surface area contributed by atoms with Gasteiger partial charge in [-0.25, -0.2) is 4.98 Å². The van der Waals surface area contributed by atoms with Crippen LogP contribution in [0.25, 0.3) is 10.2 Å². The number of aromatic nitrogens is 1. The molecule has 4 N–H and O–H groups in total. The summed E-state index contributed by atoms with van der Waals surface area (Å²) in [6.45, 7) is 1.33. The predicted octanol–water partition coefficient (Wildman–Crippen LogP) is 1.56. The Balaban J connectivity index is 1.84. The molecule has 1 aliphatic heterocycles. The second-order valence-electron chi connectivity index (χ2n) is 5.17. The fourth-order valence-electron chi connectivity index (χ4n) is 2.63. The number of amides is 1. The van der Waals surface area contributed by atoms with Crippen LogP contribution in [0, 0.1) is 11.8 Å². The minimum absolute atomic E-state index is 0.199. The van der Waals surface area contributed by atoms with Gasteiger partial charge in [0.05, 0.1) is 21.8 Å². The van der Waals surface area contributed by atoms with E-state index in [1.807, 2.05) is 18.2 Å². The third-order valence-electron chi connectivity index (χ3n) is 3.75.